The molecule has 1 aliphatic rings. The van der Waals surface area contributed by atoms with Crippen LogP contribution in [0.15, 0.2) is 30.5 Å². The van der Waals surface area contributed by atoms with Crippen molar-refractivity contribution in [3.63, 3.8) is 0 Å². The van der Waals surface area contributed by atoms with E-state index in [0.717, 1.165) is 46.3 Å². The second kappa shape index (κ2) is 8.90. The van der Waals surface area contributed by atoms with E-state index in [1.807, 2.05) is 68.6 Å². The molecule has 1 N–H and O–H groups in total. The first kappa shape index (κ1) is 21.7. The zero-order valence-electron chi connectivity index (χ0n) is 19.3. The van der Waals surface area contributed by atoms with E-state index in [-0.39, 0.29) is 11.8 Å². The topological polar surface area (TPSA) is 88.8 Å². The summed E-state index contributed by atoms with van der Waals surface area (Å²) in [4.78, 5) is 28.2. The summed E-state index contributed by atoms with van der Waals surface area (Å²) < 4.78 is 1.83. The third kappa shape index (κ3) is 4.54. The van der Waals surface area contributed by atoms with Crippen molar-refractivity contribution in [1.29, 1.82) is 0 Å². The molecule has 0 unspecified atom stereocenters. The van der Waals surface area contributed by atoms with Crippen molar-refractivity contribution < 1.29 is 4.79 Å². The maximum atomic E-state index is 12.8. The Morgan fingerprint density at radius 3 is 2.75 bits per heavy atom. The Kier molecular flexibility index (Phi) is 6.03. The number of pyridine rings is 1. The molecule has 0 saturated carbocycles. The van der Waals surface area contributed by atoms with Gasteiger partial charge in [0.05, 0.1) is 11.4 Å². The molecule has 1 saturated heterocycles. The van der Waals surface area contributed by atoms with Crippen LogP contribution in [0.25, 0.3) is 6.08 Å². The van der Waals surface area contributed by atoms with Crippen molar-refractivity contribution in [3.8, 4) is 0 Å². The highest BCUT2D eigenvalue weighted by Crippen LogP contribution is 2.28. The van der Waals surface area contributed by atoms with Gasteiger partial charge in [0, 0.05) is 55.7 Å². The van der Waals surface area contributed by atoms with Gasteiger partial charge in [-0.25, -0.2) is 15.0 Å². The number of aromatic nitrogens is 5. The number of likely N-dealkylation sites (tertiary alicyclic amines) is 1. The number of nitrogens with one attached hydrogen (secondary N) is 1. The van der Waals surface area contributed by atoms with Gasteiger partial charge in [-0.3, -0.25) is 9.48 Å². The molecule has 3 aromatic heterocycles. The number of anilines is 2. The SMILES string of the molecule is Cc1nc(Nc2ncccc2C)cc([C@H]2CCN(C(=O)/C=C/c3c(C)nn(C)c3C)C2)n1. The maximum absolute atomic E-state index is 12.8. The first-order valence-corrected chi connectivity index (χ1v) is 10.8. The predicted octanol–water partition coefficient (Wildman–Crippen LogP) is 3.61. The molecular formula is C24H29N7O. The number of hydrogen-bond donors (Lipinski definition) is 1. The number of aryl methyl sites for hydroxylation is 4. The van der Waals surface area contributed by atoms with E-state index in [0.29, 0.717) is 18.9 Å². The van der Waals surface area contributed by atoms with E-state index in [2.05, 4.69) is 25.4 Å². The smallest absolute Gasteiger partial charge is 0.246 e. The van der Waals surface area contributed by atoms with Crippen molar-refractivity contribution in [2.45, 2.75) is 40.0 Å². The molecule has 1 atom stereocenters. The fourth-order valence-corrected chi connectivity index (χ4v) is 4.09. The van der Waals surface area contributed by atoms with Gasteiger partial charge < -0.3 is 10.2 Å². The zero-order valence-corrected chi connectivity index (χ0v) is 19.3. The summed E-state index contributed by atoms with van der Waals surface area (Å²) in [6.45, 7) is 9.21. The van der Waals surface area contributed by atoms with Gasteiger partial charge in [0.2, 0.25) is 5.91 Å². The van der Waals surface area contributed by atoms with Crippen molar-refractivity contribution >= 4 is 23.6 Å². The van der Waals surface area contributed by atoms with Crippen LogP contribution in [0.2, 0.25) is 0 Å². The van der Waals surface area contributed by atoms with Crippen LogP contribution < -0.4 is 5.32 Å². The highest BCUT2D eigenvalue weighted by atomic mass is 16.2. The maximum Gasteiger partial charge on any atom is 0.246 e. The lowest BCUT2D eigenvalue weighted by atomic mass is 10.0. The van der Waals surface area contributed by atoms with Crippen LogP contribution in [0.3, 0.4) is 0 Å². The number of carbonyl (C=O) groups is 1. The van der Waals surface area contributed by atoms with Crippen LogP contribution in [0, 0.1) is 27.7 Å². The van der Waals surface area contributed by atoms with Crippen molar-refractivity contribution in [1.82, 2.24) is 29.6 Å². The molecule has 1 aliphatic heterocycles. The zero-order chi connectivity index (χ0) is 22.8. The van der Waals surface area contributed by atoms with E-state index in [4.69, 9.17) is 0 Å². The summed E-state index contributed by atoms with van der Waals surface area (Å²) >= 11 is 0. The molecule has 32 heavy (non-hydrogen) atoms. The number of amides is 1. The van der Waals surface area contributed by atoms with Crippen molar-refractivity contribution in [3.05, 3.63) is 64.5 Å². The molecule has 0 spiro atoms. The minimum Gasteiger partial charge on any atom is -0.338 e. The molecule has 8 heteroatoms. The molecule has 0 bridgehead atoms. The van der Waals surface area contributed by atoms with Gasteiger partial charge in [0.1, 0.15) is 17.5 Å². The second-order valence-electron chi connectivity index (χ2n) is 8.33. The van der Waals surface area contributed by atoms with Crippen molar-refractivity contribution in [2.75, 3.05) is 18.4 Å². The van der Waals surface area contributed by atoms with Crippen LogP contribution in [0.1, 0.15) is 46.4 Å². The normalized spacial score (nSPS) is 16.2. The third-order valence-corrected chi connectivity index (χ3v) is 5.99. The van der Waals surface area contributed by atoms with Gasteiger partial charge in [-0.2, -0.15) is 5.10 Å². The molecular weight excluding hydrogens is 402 g/mol. The first-order chi connectivity index (χ1) is 15.3. The summed E-state index contributed by atoms with van der Waals surface area (Å²) in [6.07, 6.45) is 6.16. The van der Waals surface area contributed by atoms with Crippen LogP contribution in [0.4, 0.5) is 11.6 Å². The Balaban J connectivity index is 1.46. The Labute approximate surface area is 188 Å². The Hall–Kier alpha value is -3.55. The molecule has 1 fully saturated rings. The minimum atomic E-state index is 0.0170. The molecule has 3 aromatic rings. The van der Waals surface area contributed by atoms with E-state index in [1.54, 1.807) is 12.3 Å². The lowest BCUT2D eigenvalue weighted by Gasteiger charge is -2.15. The second-order valence-corrected chi connectivity index (χ2v) is 8.33. The average Bonchev–Trinajstić information content (AvgIpc) is 3.33. The average molecular weight is 432 g/mol. The van der Waals surface area contributed by atoms with Gasteiger partial charge in [0.25, 0.3) is 0 Å². The van der Waals surface area contributed by atoms with Gasteiger partial charge in [0.15, 0.2) is 0 Å². The predicted molar refractivity (Wildman–Crippen MR) is 125 cm³/mol. The standard InChI is InChI=1S/C24H29N7O/c1-15-7-6-11-25-24(15)28-22-13-21(26-18(4)27-22)19-10-12-31(14-19)23(32)9-8-20-16(2)29-30(5)17(20)3/h6-9,11,13,19H,10,12,14H2,1-5H3,(H,25,26,27,28)/b9-8+/t19-/m0/s1. The third-order valence-electron chi connectivity index (χ3n) is 5.99. The van der Waals surface area contributed by atoms with Crippen molar-refractivity contribution in [2.24, 2.45) is 7.05 Å². The number of carbonyl (C=O) groups excluding carboxylic acids is 1. The molecule has 0 radical (unpaired) electrons. The molecule has 4 rings (SSSR count). The summed E-state index contributed by atoms with van der Waals surface area (Å²) in [6, 6.07) is 5.89. The van der Waals surface area contributed by atoms with Gasteiger partial charge in [-0.15, -0.1) is 0 Å². The lowest BCUT2D eigenvalue weighted by Crippen LogP contribution is -2.26. The van der Waals surface area contributed by atoms with Gasteiger partial charge >= 0.3 is 0 Å². The van der Waals surface area contributed by atoms with E-state index < -0.39 is 0 Å². The largest absolute Gasteiger partial charge is 0.338 e. The summed E-state index contributed by atoms with van der Waals surface area (Å²) in [7, 11) is 1.91. The monoisotopic (exact) mass is 431 g/mol. The van der Waals surface area contributed by atoms with Gasteiger partial charge in [-0.05, 0) is 51.8 Å². The lowest BCUT2D eigenvalue weighted by molar-refractivity contribution is -0.124. The Morgan fingerprint density at radius 2 is 2.03 bits per heavy atom. The number of hydrogen-bond acceptors (Lipinski definition) is 6. The van der Waals surface area contributed by atoms with Crippen LogP contribution in [0.5, 0.6) is 0 Å². The quantitative estimate of drug-likeness (QED) is 0.621. The highest BCUT2D eigenvalue weighted by molar-refractivity contribution is 5.92. The van der Waals surface area contributed by atoms with Crippen LogP contribution in [-0.4, -0.2) is 48.6 Å². The van der Waals surface area contributed by atoms with Gasteiger partial charge in [-0.1, -0.05) is 6.07 Å². The molecule has 166 valence electrons. The summed E-state index contributed by atoms with van der Waals surface area (Å²) in [5.41, 5.74) is 4.97. The highest BCUT2D eigenvalue weighted by Gasteiger charge is 2.28. The minimum absolute atomic E-state index is 0.0170. The molecule has 0 aromatic carbocycles. The molecule has 0 aliphatic carbocycles. The molecule has 1 amide bonds. The van der Waals surface area contributed by atoms with E-state index in [9.17, 15) is 4.79 Å². The number of nitrogens with zero attached hydrogens (tertiary/aromatic N) is 6. The fraction of sp³-hybridized carbons (Fsp3) is 0.375. The first-order valence-electron chi connectivity index (χ1n) is 10.8. The molecule has 4 heterocycles. The van der Waals surface area contributed by atoms with Crippen LogP contribution in [-0.2, 0) is 11.8 Å². The Bertz CT molecular complexity index is 1180. The van der Waals surface area contributed by atoms with E-state index in [1.165, 1.54) is 0 Å². The van der Waals surface area contributed by atoms with E-state index >= 15 is 0 Å². The van der Waals surface area contributed by atoms with Crippen LogP contribution >= 0.6 is 0 Å². The summed E-state index contributed by atoms with van der Waals surface area (Å²) in [5, 5.41) is 7.71. The molecule has 8 nitrogen and oxygen atoms in total. The number of rotatable bonds is 5. The fourth-order valence-electron chi connectivity index (χ4n) is 4.09. The summed E-state index contributed by atoms with van der Waals surface area (Å²) in [5.74, 6) is 2.41. The Morgan fingerprint density at radius 1 is 1.22 bits per heavy atom.